The van der Waals surface area contributed by atoms with Gasteiger partial charge >= 0.3 is 0 Å². The molecule has 0 saturated carbocycles. The Kier molecular flexibility index (Phi) is 4.47. The first-order chi connectivity index (χ1) is 11.7. The van der Waals surface area contributed by atoms with Crippen LogP contribution in [-0.2, 0) is 0 Å². The van der Waals surface area contributed by atoms with Gasteiger partial charge in [-0.3, -0.25) is 4.79 Å². The first-order valence-corrected chi connectivity index (χ1v) is 7.55. The maximum atomic E-state index is 12.4. The number of Topliss-reactive ketones (excluding diaryl/α,β-unsaturated/α-hetero) is 1. The summed E-state index contributed by atoms with van der Waals surface area (Å²) in [5.41, 5.74) is 2.69. The minimum Gasteiger partial charge on any atom is -0.506 e. The predicted molar refractivity (Wildman–Crippen MR) is 97.4 cm³/mol. The van der Waals surface area contributed by atoms with Gasteiger partial charge in [-0.15, -0.1) is 0 Å². The van der Waals surface area contributed by atoms with Crippen molar-refractivity contribution in [3.63, 3.8) is 0 Å². The summed E-state index contributed by atoms with van der Waals surface area (Å²) in [7, 11) is 0. The van der Waals surface area contributed by atoms with Gasteiger partial charge in [0.15, 0.2) is 5.78 Å². The maximum Gasteiger partial charge on any atom is 0.199 e. The van der Waals surface area contributed by atoms with Gasteiger partial charge in [-0.05, 0) is 18.6 Å². The lowest BCUT2D eigenvalue weighted by Crippen LogP contribution is -2.07. The topological polar surface area (TPSA) is 62.0 Å². The van der Waals surface area contributed by atoms with Crippen LogP contribution < -0.4 is 0 Å². The molecule has 0 heterocycles. The van der Waals surface area contributed by atoms with Crippen molar-refractivity contribution in [3.8, 4) is 0 Å². The standard InChI is InChI=1S/C20H16N2O2/c1-14(22-21-13-7-10-15-8-3-2-4-9-15)18-19(23)16-11-5-6-12-17(16)20(18)24/h2-13,23H,1H3/b10-7+,21-13-,22-14+. The van der Waals surface area contributed by atoms with Gasteiger partial charge in [-0.1, -0.05) is 60.7 Å². The number of fused-ring (bicyclic) bond motifs is 1. The third-order valence-electron chi connectivity index (χ3n) is 3.70. The van der Waals surface area contributed by atoms with E-state index in [9.17, 15) is 9.90 Å². The molecule has 1 aliphatic carbocycles. The molecule has 0 fully saturated rings. The molecule has 0 unspecified atom stereocenters. The number of carbonyl (C=O) groups excluding carboxylic acids is 1. The second-order valence-electron chi connectivity index (χ2n) is 5.32. The van der Waals surface area contributed by atoms with E-state index in [1.54, 1.807) is 43.5 Å². The number of ketones is 1. The maximum absolute atomic E-state index is 12.4. The number of rotatable bonds is 4. The molecule has 0 amide bonds. The van der Waals surface area contributed by atoms with E-state index in [1.807, 2.05) is 36.4 Å². The van der Waals surface area contributed by atoms with E-state index in [0.29, 0.717) is 16.8 Å². The highest BCUT2D eigenvalue weighted by atomic mass is 16.3. The quantitative estimate of drug-likeness (QED) is 0.675. The van der Waals surface area contributed by atoms with Crippen molar-refractivity contribution in [2.45, 2.75) is 6.92 Å². The Hall–Kier alpha value is -3.27. The first kappa shape index (κ1) is 15.6. The van der Waals surface area contributed by atoms with Crippen LogP contribution in [0.15, 0.2) is 76.4 Å². The molecule has 0 bridgehead atoms. The zero-order valence-electron chi connectivity index (χ0n) is 13.2. The van der Waals surface area contributed by atoms with E-state index in [1.165, 1.54) is 0 Å². The normalized spacial score (nSPS) is 14.9. The average molecular weight is 316 g/mol. The number of hydrogen-bond acceptors (Lipinski definition) is 4. The fourth-order valence-electron chi connectivity index (χ4n) is 2.53. The van der Waals surface area contributed by atoms with Crippen LogP contribution in [0.4, 0.5) is 0 Å². The summed E-state index contributed by atoms with van der Waals surface area (Å²) in [5, 5.41) is 18.2. The molecule has 0 radical (unpaired) electrons. The van der Waals surface area contributed by atoms with Crippen molar-refractivity contribution >= 4 is 29.5 Å². The SMILES string of the molecule is C\C(=N/N=C\C=C\c1ccccc1)C1=C(O)c2ccccc2C1=O. The Labute approximate surface area is 140 Å². The molecule has 2 aromatic rings. The molecule has 1 aliphatic rings. The van der Waals surface area contributed by atoms with E-state index in [0.717, 1.165) is 5.56 Å². The molecule has 3 rings (SSSR count). The zero-order chi connectivity index (χ0) is 16.9. The summed E-state index contributed by atoms with van der Waals surface area (Å²) in [6, 6.07) is 16.8. The van der Waals surface area contributed by atoms with Crippen LogP contribution in [0.25, 0.3) is 11.8 Å². The van der Waals surface area contributed by atoms with Crippen molar-refractivity contribution in [1.29, 1.82) is 0 Å². The number of aliphatic hydroxyl groups is 1. The highest BCUT2D eigenvalue weighted by Crippen LogP contribution is 2.31. The van der Waals surface area contributed by atoms with Crippen molar-refractivity contribution in [2.75, 3.05) is 0 Å². The Morgan fingerprint density at radius 1 is 1.00 bits per heavy atom. The fraction of sp³-hybridized carbons (Fsp3) is 0.0500. The fourth-order valence-corrected chi connectivity index (χ4v) is 2.53. The van der Waals surface area contributed by atoms with Crippen LogP contribution in [0.3, 0.4) is 0 Å². The molecule has 0 saturated heterocycles. The summed E-state index contributed by atoms with van der Waals surface area (Å²) in [6.07, 6.45) is 5.22. The molecule has 0 aromatic heterocycles. The molecule has 1 N–H and O–H groups in total. The van der Waals surface area contributed by atoms with Gasteiger partial charge in [0.1, 0.15) is 5.76 Å². The highest BCUT2D eigenvalue weighted by molar-refractivity contribution is 6.35. The lowest BCUT2D eigenvalue weighted by molar-refractivity contribution is 0.104. The van der Waals surface area contributed by atoms with Crippen LogP contribution in [0.5, 0.6) is 0 Å². The van der Waals surface area contributed by atoms with Crippen LogP contribution in [0.1, 0.15) is 28.4 Å². The second-order valence-corrected chi connectivity index (χ2v) is 5.32. The highest BCUT2D eigenvalue weighted by Gasteiger charge is 2.30. The molecular formula is C20H16N2O2. The van der Waals surface area contributed by atoms with Crippen LogP contribution in [0.2, 0.25) is 0 Å². The average Bonchev–Trinajstić information content (AvgIpc) is 2.87. The monoisotopic (exact) mass is 316 g/mol. The number of hydrogen-bond donors (Lipinski definition) is 1. The van der Waals surface area contributed by atoms with Gasteiger partial charge in [0.05, 0.1) is 11.3 Å². The third-order valence-corrected chi connectivity index (χ3v) is 3.70. The number of aliphatic hydroxyl groups excluding tert-OH is 1. The molecular weight excluding hydrogens is 300 g/mol. The number of nitrogens with zero attached hydrogens (tertiary/aromatic N) is 2. The minimum atomic E-state index is -0.223. The summed E-state index contributed by atoms with van der Waals surface area (Å²) in [4.78, 5) is 12.4. The first-order valence-electron chi connectivity index (χ1n) is 7.55. The Balaban J connectivity index is 1.75. The van der Waals surface area contributed by atoms with Gasteiger partial charge < -0.3 is 5.11 Å². The molecule has 24 heavy (non-hydrogen) atoms. The number of benzene rings is 2. The third kappa shape index (κ3) is 3.08. The Bertz CT molecular complexity index is 891. The molecule has 0 aliphatic heterocycles. The van der Waals surface area contributed by atoms with Gasteiger partial charge in [0, 0.05) is 17.3 Å². The lowest BCUT2D eigenvalue weighted by atomic mass is 10.1. The second kappa shape index (κ2) is 6.87. The predicted octanol–water partition coefficient (Wildman–Crippen LogP) is 4.31. The van der Waals surface area contributed by atoms with E-state index < -0.39 is 0 Å². The largest absolute Gasteiger partial charge is 0.506 e. The molecule has 0 spiro atoms. The summed E-state index contributed by atoms with van der Waals surface area (Å²) >= 11 is 0. The van der Waals surface area contributed by atoms with Crippen LogP contribution in [0, 0.1) is 0 Å². The van der Waals surface area contributed by atoms with E-state index >= 15 is 0 Å². The molecule has 4 heteroatoms. The Morgan fingerprint density at radius 2 is 1.67 bits per heavy atom. The Morgan fingerprint density at radius 3 is 2.38 bits per heavy atom. The summed E-state index contributed by atoms with van der Waals surface area (Å²) in [6.45, 7) is 1.66. The van der Waals surface area contributed by atoms with Crippen molar-refractivity contribution < 1.29 is 9.90 Å². The molecule has 0 atom stereocenters. The molecule has 118 valence electrons. The van der Waals surface area contributed by atoms with Crippen molar-refractivity contribution in [1.82, 2.24) is 0 Å². The minimum absolute atomic E-state index is 0.0353. The van der Waals surface area contributed by atoms with Gasteiger partial charge in [0.25, 0.3) is 0 Å². The van der Waals surface area contributed by atoms with Crippen molar-refractivity contribution in [3.05, 3.63) is 82.9 Å². The molecule has 2 aromatic carbocycles. The summed E-state index contributed by atoms with van der Waals surface area (Å²) < 4.78 is 0. The molecule has 4 nitrogen and oxygen atoms in total. The van der Waals surface area contributed by atoms with Gasteiger partial charge in [-0.2, -0.15) is 10.2 Å². The van der Waals surface area contributed by atoms with Gasteiger partial charge in [-0.25, -0.2) is 0 Å². The van der Waals surface area contributed by atoms with Gasteiger partial charge in [0.2, 0.25) is 0 Å². The number of carbonyl (C=O) groups is 1. The van der Waals surface area contributed by atoms with E-state index in [4.69, 9.17) is 0 Å². The lowest BCUT2D eigenvalue weighted by Gasteiger charge is -1.98. The smallest absolute Gasteiger partial charge is 0.199 e. The van der Waals surface area contributed by atoms with Crippen LogP contribution in [-0.4, -0.2) is 22.8 Å². The number of allylic oxidation sites excluding steroid dienone is 2. The zero-order valence-corrected chi connectivity index (χ0v) is 13.2. The van der Waals surface area contributed by atoms with E-state index in [2.05, 4.69) is 10.2 Å². The van der Waals surface area contributed by atoms with E-state index in [-0.39, 0.29) is 17.1 Å². The van der Waals surface area contributed by atoms with Crippen molar-refractivity contribution in [2.24, 2.45) is 10.2 Å². The summed E-state index contributed by atoms with van der Waals surface area (Å²) in [5.74, 6) is -0.258. The van der Waals surface area contributed by atoms with Crippen LogP contribution >= 0.6 is 0 Å².